The largest absolute Gasteiger partial charge is 0.294 e. The van der Waals surface area contributed by atoms with Crippen LogP contribution in [0.3, 0.4) is 0 Å². The lowest BCUT2D eigenvalue weighted by molar-refractivity contribution is 0.0993. The molecule has 0 N–H and O–H groups in total. The summed E-state index contributed by atoms with van der Waals surface area (Å²) in [5.41, 5.74) is 1.17. The number of hydrogen-bond donors (Lipinski definition) is 0. The summed E-state index contributed by atoms with van der Waals surface area (Å²) in [6.07, 6.45) is 0.257. The molecule has 82 valence electrons. The first-order valence-electron chi connectivity index (χ1n) is 4.67. The predicted molar refractivity (Wildman–Crippen MR) is 63.8 cm³/mol. The number of Topliss-reactive ketones (excluding diaryl/α,β-unsaturated/α-hetero) is 1. The average Bonchev–Trinajstić information content (AvgIpc) is 2.74. The van der Waals surface area contributed by atoms with Gasteiger partial charge in [-0.1, -0.05) is 17.7 Å². The van der Waals surface area contributed by atoms with Crippen molar-refractivity contribution in [2.45, 2.75) is 6.42 Å². The van der Waals surface area contributed by atoms with E-state index in [9.17, 15) is 9.18 Å². The van der Waals surface area contributed by atoms with E-state index in [1.165, 1.54) is 23.5 Å². The Bertz CT molecular complexity index is 508. The van der Waals surface area contributed by atoms with Gasteiger partial charge in [0.2, 0.25) is 0 Å². The highest BCUT2D eigenvalue weighted by Crippen LogP contribution is 2.21. The van der Waals surface area contributed by atoms with Crippen molar-refractivity contribution in [3.8, 4) is 0 Å². The van der Waals surface area contributed by atoms with Gasteiger partial charge in [0.1, 0.15) is 5.82 Å². The Morgan fingerprint density at radius 2 is 2.19 bits per heavy atom. The Hall–Kier alpha value is -1.19. The maximum Gasteiger partial charge on any atom is 0.168 e. The minimum Gasteiger partial charge on any atom is -0.294 e. The molecule has 0 atom stereocenters. The molecule has 0 spiro atoms. The molecule has 0 radical (unpaired) electrons. The van der Waals surface area contributed by atoms with Crippen molar-refractivity contribution >= 4 is 28.7 Å². The van der Waals surface area contributed by atoms with Crippen molar-refractivity contribution in [2.75, 3.05) is 0 Å². The van der Waals surface area contributed by atoms with E-state index in [1.807, 2.05) is 16.8 Å². The molecule has 0 aliphatic carbocycles. The minimum atomic E-state index is -0.558. The molecule has 2 aromatic rings. The van der Waals surface area contributed by atoms with E-state index in [0.29, 0.717) is 0 Å². The highest BCUT2D eigenvalue weighted by atomic mass is 35.5. The first-order chi connectivity index (χ1) is 7.68. The standard InChI is InChI=1S/C12H8ClFOS/c13-12-9(2-1-3-10(12)14)11(15)6-8-4-5-16-7-8/h1-5,7H,6H2. The fourth-order valence-corrected chi connectivity index (χ4v) is 2.29. The Morgan fingerprint density at radius 3 is 2.88 bits per heavy atom. The third-order valence-corrected chi connectivity index (χ3v) is 3.31. The van der Waals surface area contributed by atoms with E-state index in [2.05, 4.69) is 0 Å². The van der Waals surface area contributed by atoms with Crippen LogP contribution in [0.15, 0.2) is 35.0 Å². The van der Waals surface area contributed by atoms with Gasteiger partial charge in [-0.2, -0.15) is 11.3 Å². The van der Waals surface area contributed by atoms with Gasteiger partial charge in [-0.3, -0.25) is 4.79 Å². The fraction of sp³-hybridized carbons (Fsp3) is 0.0833. The first-order valence-corrected chi connectivity index (χ1v) is 5.99. The van der Waals surface area contributed by atoms with Crippen LogP contribution >= 0.6 is 22.9 Å². The number of carbonyl (C=O) groups excluding carboxylic acids is 1. The number of thiophene rings is 1. The van der Waals surface area contributed by atoms with Crippen LogP contribution in [0.25, 0.3) is 0 Å². The molecule has 0 saturated carbocycles. The zero-order valence-corrected chi connectivity index (χ0v) is 9.82. The summed E-state index contributed by atoms with van der Waals surface area (Å²) in [5.74, 6) is -0.722. The second kappa shape index (κ2) is 4.76. The van der Waals surface area contributed by atoms with Gasteiger partial charge in [0, 0.05) is 12.0 Å². The third kappa shape index (κ3) is 2.31. The second-order valence-electron chi connectivity index (χ2n) is 3.33. The van der Waals surface area contributed by atoms with Crippen LogP contribution in [0.2, 0.25) is 5.02 Å². The van der Waals surface area contributed by atoms with Crippen molar-refractivity contribution in [3.05, 3.63) is 57.0 Å². The van der Waals surface area contributed by atoms with Crippen LogP contribution in [-0.4, -0.2) is 5.78 Å². The third-order valence-electron chi connectivity index (χ3n) is 2.20. The molecule has 0 bridgehead atoms. The molecule has 16 heavy (non-hydrogen) atoms. The van der Waals surface area contributed by atoms with E-state index in [0.717, 1.165) is 5.56 Å². The smallest absolute Gasteiger partial charge is 0.168 e. The highest BCUT2D eigenvalue weighted by Gasteiger charge is 2.13. The van der Waals surface area contributed by atoms with Gasteiger partial charge >= 0.3 is 0 Å². The fourth-order valence-electron chi connectivity index (χ4n) is 1.39. The maximum atomic E-state index is 13.1. The average molecular weight is 255 g/mol. The summed E-state index contributed by atoms with van der Waals surface area (Å²) in [7, 11) is 0. The van der Waals surface area contributed by atoms with E-state index in [1.54, 1.807) is 6.07 Å². The van der Waals surface area contributed by atoms with Gasteiger partial charge in [0.15, 0.2) is 5.78 Å². The number of halogens is 2. The van der Waals surface area contributed by atoms with Gasteiger partial charge in [0.05, 0.1) is 5.02 Å². The number of ketones is 1. The van der Waals surface area contributed by atoms with Crippen molar-refractivity contribution in [1.29, 1.82) is 0 Å². The summed E-state index contributed by atoms with van der Waals surface area (Å²) in [6, 6.07) is 6.14. The second-order valence-corrected chi connectivity index (χ2v) is 4.49. The lowest BCUT2D eigenvalue weighted by atomic mass is 10.1. The van der Waals surface area contributed by atoms with Crippen molar-refractivity contribution in [1.82, 2.24) is 0 Å². The van der Waals surface area contributed by atoms with E-state index in [4.69, 9.17) is 11.6 Å². The molecule has 2 rings (SSSR count). The zero-order valence-electron chi connectivity index (χ0n) is 8.24. The number of rotatable bonds is 3. The number of carbonyl (C=O) groups is 1. The topological polar surface area (TPSA) is 17.1 Å². The van der Waals surface area contributed by atoms with Gasteiger partial charge in [-0.05, 0) is 34.5 Å². The minimum absolute atomic E-state index is 0.0947. The van der Waals surface area contributed by atoms with Crippen molar-refractivity contribution in [2.24, 2.45) is 0 Å². The Labute approximate surface area is 101 Å². The van der Waals surface area contributed by atoms with E-state index < -0.39 is 5.82 Å². The predicted octanol–water partition coefficient (Wildman–Crippen LogP) is 3.97. The Kier molecular flexibility index (Phi) is 3.36. The van der Waals surface area contributed by atoms with Gasteiger partial charge < -0.3 is 0 Å². The molecule has 1 aromatic carbocycles. The summed E-state index contributed by atoms with van der Waals surface area (Å²) < 4.78 is 13.1. The van der Waals surface area contributed by atoms with Crippen LogP contribution < -0.4 is 0 Å². The lowest BCUT2D eigenvalue weighted by Gasteiger charge is -2.03. The first kappa shape index (κ1) is 11.3. The molecule has 0 fully saturated rings. The van der Waals surface area contributed by atoms with Crippen LogP contribution in [0, 0.1) is 5.82 Å². The summed E-state index contributed by atoms with van der Waals surface area (Å²) in [5, 5.41) is 3.70. The number of hydrogen-bond acceptors (Lipinski definition) is 2. The molecule has 4 heteroatoms. The molecule has 1 heterocycles. The molecule has 0 saturated heterocycles. The summed E-state index contributed by atoms with van der Waals surface area (Å²) >= 11 is 7.26. The van der Waals surface area contributed by atoms with Crippen LogP contribution in [0.5, 0.6) is 0 Å². The molecule has 1 nitrogen and oxygen atoms in total. The van der Waals surface area contributed by atoms with Crippen LogP contribution in [0.1, 0.15) is 15.9 Å². The molecule has 0 aliphatic heterocycles. The van der Waals surface area contributed by atoms with Crippen molar-refractivity contribution in [3.63, 3.8) is 0 Å². The normalized spacial score (nSPS) is 10.4. The van der Waals surface area contributed by atoms with Crippen molar-refractivity contribution < 1.29 is 9.18 Å². The van der Waals surface area contributed by atoms with E-state index in [-0.39, 0.29) is 22.8 Å². The molecule has 1 aromatic heterocycles. The molecular formula is C12H8ClFOS. The maximum absolute atomic E-state index is 13.1. The molecular weight excluding hydrogens is 247 g/mol. The Morgan fingerprint density at radius 1 is 1.38 bits per heavy atom. The lowest BCUT2D eigenvalue weighted by Crippen LogP contribution is -2.04. The quantitative estimate of drug-likeness (QED) is 0.758. The Balaban J connectivity index is 2.24. The van der Waals surface area contributed by atoms with Gasteiger partial charge in [0.25, 0.3) is 0 Å². The SMILES string of the molecule is O=C(Cc1ccsc1)c1cccc(F)c1Cl. The molecule has 0 aliphatic rings. The van der Waals surface area contributed by atoms with Crippen LogP contribution in [-0.2, 0) is 6.42 Å². The van der Waals surface area contributed by atoms with E-state index >= 15 is 0 Å². The van der Waals surface area contributed by atoms with Gasteiger partial charge in [-0.15, -0.1) is 0 Å². The van der Waals surface area contributed by atoms with Gasteiger partial charge in [-0.25, -0.2) is 4.39 Å². The zero-order chi connectivity index (χ0) is 11.5. The van der Waals surface area contributed by atoms with Crippen LogP contribution in [0.4, 0.5) is 4.39 Å². The highest BCUT2D eigenvalue weighted by molar-refractivity contribution is 7.08. The number of benzene rings is 1. The summed E-state index contributed by atoms with van der Waals surface area (Å²) in [4.78, 5) is 11.8. The monoisotopic (exact) mass is 254 g/mol. The molecule has 0 unspecified atom stereocenters. The summed E-state index contributed by atoms with van der Waals surface area (Å²) in [6.45, 7) is 0. The molecule has 0 amide bonds.